The molecule has 152 valence electrons. The van der Waals surface area contributed by atoms with Crippen molar-refractivity contribution < 1.29 is 9.47 Å². The molecule has 0 spiro atoms. The zero-order chi connectivity index (χ0) is 20.8. The van der Waals surface area contributed by atoms with Crippen LogP contribution in [0, 0.1) is 0 Å². The fourth-order valence-electron chi connectivity index (χ4n) is 3.03. The van der Waals surface area contributed by atoms with E-state index in [0.29, 0.717) is 37.0 Å². The number of H-pyrrole nitrogens is 1. The number of aromatic amines is 1. The van der Waals surface area contributed by atoms with Crippen molar-refractivity contribution in [2.75, 3.05) is 11.9 Å². The first-order valence-corrected chi connectivity index (χ1v) is 9.88. The van der Waals surface area contributed by atoms with Gasteiger partial charge in [0.1, 0.15) is 23.6 Å². The van der Waals surface area contributed by atoms with Crippen molar-refractivity contribution in [3.05, 3.63) is 78.1 Å². The molecule has 0 fully saturated rings. The molecule has 0 saturated carbocycles. The predicted molar refractivity (Wildman–Crippen MR) is 121 cm³/mol. The highest BCUT2D eigenvalue weighted by molar-refractivity contribution is 7.80. The van der Waals surface area contributed by atoms with Gasteiger partial charge in [0.25, 0.3) is 0 Å². The first-order chi connectivity index (χ1) is 14.7. The smallest absolute Gasteiger partial charge is 0.169 e. The molecule has 0 atom stereocenters. The highest BCUT2D eigenvalue weighted by atomic mass is 32.1. The molecule has 0 saturated heterocycles. The minimum atomic E-state index is 0.136. The first-order valence-electron chi connectivity index (χ1n) is 9.47. The molecule has 0 amide bonds. The van der Waals surface area contributed by atoms with Crippen LogP contribution in [-0.4, -0.2) is 26.9 Å². The van der Waals surface area contributed by atoms with Crippen LogP contribution in [0.2, 0.25) is 0 Å². The molecule has 0 aliphatic rings. The van der Waals surface area contributed by atoms with Crippen molar-refractivity contribution in [3.8, 4) is 11.5 Å². The Kier molecular flexibility index (Phi) is 6.05. The SMILES string of the molecule is NC(=S)Nc1n[nH]c2c(OCCc3ccccn3)cc(OCc3ccccc3)cc12. The van der Waals surface area contributed by atoms with E-state index in [9.17, 15) is 0 Å². The molecule has 2 aromatic heterocycles. The Bertz CT molecular complexity index is 1130. The van der Waals surface area contributed by atoms with E-state index in [0.717, 1.165) is 22.2 Å². The molecule has 0 radical (unpaired) electrons. The topological polar surface area (TPSA) is 98.1 Å². The number of nitrogens with two attached hydrogens (primary N) is 1. The molecule has 4 aromatic rings. The largest absolute Gasteiger partial charge is 0.491 e. The minimum Gasteiger partial charge on any atom is -0.491 e. The lowest BCUT2D eigenvalue weighted by molar-refractivity contribution is 0.297. The van der Waals surface area contributed by atoms with Crippen molar-refractivity contribution in [2.45, 2.75) is 13.0 Å². The van der Waals surface area contributed by atoms with E-state index < -0.39 is 0 Å². The molecule has 0 aliphatic heterocycles. The lowest BCUT2D eigenvalue weighted by Crippen LogP contribution is -2.19. The second kappa shape index (κ2) is 9.23. The van der Waals surface area contributed by atoms with Crippen LogP contribution >= 0.6 is 12.2 Å². The molecule has 0 unspecified atom stereocenters. The van der Waals surface area contributed by atoms with Gasteiger partial charge in [0.2, 0.25) is 0 Å². The number of rotatable bonds is 8. The zero-order valence-electron chi connectivity index (χ0n) is 16.2. The third-order valence-corrected chi connectivity index (χ3v) is 4.54. The van der Waals surface area contributed by atoms with Crippen LogP contribution in [0.25, 0.3) is 10.9 Å². The molecule has 0 bridgehead atoms. The molecular formula is C22H21N5O2S. The Hall–Kier alpha value is -3.65. The van der Waals surface area contributed by atoms with Crippen LogP contribution in [0.15, 0.2) is 66.9 Å². The van der Waals surface area contributed by atoms with Gasteiger partial charge in [0, 0.05) is 24.4 Å². The fourth-order valence-corrected chi connectivity index (χ4v) is 3.12. The van der Waals surface area contributed by atoms with Gasteiger partial charge in [-0.2, -0.15) is 5.10 Å². The van der Waals surface area contributed by atoms with Gasteiger partial charge in [-0.3, -0.25) is 10.1 Å². The number of anilines is 1. The number of pyridine rings is 1. The molecule has 4 rings (SSSR count). The molecule has 7 nitrogen and oxygen atoms in total. The Labute approximate surface area is 179 Å². The van der Waals surface area contributed by atoms with Gasteiger partial charge in [-0.15, -0.1) is 0 Å². The van der Waals surface area contributed by atoms with E-state index in [2.05, 4.69) is 20.5 Å². The third-order valence-electron chi connectivity index (χ3n) is 4.44. The highest BCUT2D eigenvalue weighted by Crippen LogP contribution is 2.34. The molecule has 2 heterocycles. The van der Waals surface area contributed by atoms with Gasteiger partial charge in [-0.25, -0.2) is 0 Å². The Morgan fingerprint density at radius 2 is 1.90 bits per heavy atom. The monoisotopic (exact) mass is 419 g/mol. The van der Waals surface area contributed by atoms with Crippen molar-refractivity contribution in [2.24, 2.45) is 5.73 Å². The van der Waals surface area contributed by atoms with Crippen LogP contribution in [-0.2, 0) is 13.0 Å². The van der Waals surface area contributed by atoms with Crippen LogP contribution in [0.3, 0.4) is 0 Å². The number of benzene rings is 2. The maximum absolute atomic E-state index is 6.05. The summed E-state index contributed by atoms with van der Waals surface area (Å²) in [4.78, 5) is 4.33. The average Bonchev–Trinajstić information content (AvgIpc) is 3.16. The molecule has 30 heavy (non-hydrogen) atoms. The maximum Gasteiger partial charge on any atom is 0.169 e. The summed E-state index contributed by atoms with van der Waals surface area (Å²) in [7, 11) is 0. The normalized spacial score (nSPS) is 10.7. The van der Waals surface area contributed by atoms with Gasteiger partial charge >= 0.3 is 0 Å². The van der Waals surface area contributed by atoms with Crippen LogP contribution in [0.5, 0.6) is 11.5 Å². The number of hydrogen-bond donors (Lipinski definition) is 3. The number of hydrogen-bond acceptors (Lipinski definition) is 5. The summed E-state index contributed by atoms with van der Waals surface area (Å²) in [5, 5.41) is 11.1. The lowest BCUT2D eigenvalue weighted by atomic mass is 10.2. The molecule has 0 aliphatic carbocycles. The third kappa shape index (κ3) is 4.84. The van der Waals surface area contributed by atoms with Crippen molar-refractivity contribution in [3.63, 3.8) is 0 Å². The number of thiocarbonyl (C=S) groups is 1. The van der Waals surface area contributed by atoms with Crippen LogP contribution in [0.1, 0.15) is 11.3 Å². The molecular weight excluding hydrogens is 398 g/mol. The fraction of sp³-hybridized carbons (Fsp3) is 0.136. The van der Waals surface area contributed by atoms with Gasteiger partial charge in [0.15, 0.2) is 10.9 Å². The quantitative estimate of drug-likeness (QED) is 0.374. The number of aromatic nitrogens is 3. The van der Waals surface area contributed by atoms with Crippen molar-refractivity contribution in [1.29, 1.82) is 0 Å². The average molecular weight is 420 g/mol. The Morgan fingerprint density at radius 1 is 1.07 bits per heavy atom. The van der Waals surface area contributed by atoms with Crippen molar-refractivity contribution >= 4 is 34.1 Å². The van der Waals surface area contributed by atoms with Crippen molar-refractivity contribution in [1.82, 2.24) is 15.2 Å². The summed E-state index contributed by atoms with van der Waals surface area (Å²) in [6.07, 6.45) is 2.46. The lowest BCUT2D eigenvalue weighted by Gasteiger charge is -2.11. The summed E-state index contributed by atoms with van der Waals surface area (Å²) in [5.41, 5.74) is 8.40. The van der Waals surface area contributed by atoms with Gasteiger partial charge in [0.05, 0.1) is 12.0 Å². The summed E-state index contributed by atoms with van der Waals surface area (Å²) in [6.45, 7) is 0.904. The maximum atomic E-state index is 6.05. The first kappa shape index (κ1) is 19.7. The standard InChI is InChI=1S/C22H21N5O2S/c23-22(30)25-21-18-12-17(29-14-15-6-2-1-3-7-15)13-19(20(18)26-27-21)28-11-9-16-8-4-5-10-24-16/h1-8,10,12-13H,9,11,14H2,(H4,23,25,26,27,30). The highest BCUT2D eigenvalue weighted by Gasteiger charge is 2.14. The molecule has 4 N–H and O–H groups in total. The summed E-state index contributed by atoms with van der Waals surface area (Å²) in [6, 6.07) is 19.5. The molecule has 8 heteroatoms. The van der Waals surface area contributed by atoms with E-state index in [1.54, 1.807) is 6.20 Å². The zero-order valence-corrected chi connectivity index (χ0v) is 17.0. The van der Waals surface area contributed by atoms with Gasteiger partial charge in [-0.1, -0.05) is 36.4 Å². The Morgan fingerprint density at radius 3 is 2.67 bits per heavy atom. The number of nitrogens with one attached hydrogen (secondary N) is 2. The van der Waals surface area contributed by atoms with E-state index in [-0.39, 0.29) is 5.11 Å². The summed E-state index contributed by atoms with van der Waals surface area (Å²) < 4.78 is 12.1. The van der Waals surface area contributed by atoms with Gasteiger partial charge in [-0.05, 0) is 36.0 Å². The van der Waals surface area contributed by atoms with E-state index in [1.807, 2.05) is 60.7 Å². The molecule has 2 aromatic carbocycles. The number of ether oxygens (including phenoxy) is 2. The van der Waals surface area contributed by atoms with Crippen LogP contribution < -0.4 is 20.5 Å². The second-order valence-corrected chi connectivity index (χ2v) is 7.04. The van der Waals surface area contributed by atoms with E-state index >= 15 is 0 Å². The minimum absolute atomic E-state index is 0.136. The summed E-state index contributed by atoms with van der Waals surface area (Å²) >= 11 is 4.95. The number of nitrogens with zero attached hydrogens (tertiary/aromatic N) is 2. The summed E-state index contributed by atoms with van der Waals surface area (Å²) in [5.74, 6) is 1.82. The number of fused-ring (bicyclic) bond motifs is 1. The Balaban J connectivity index is 1.57. The van der Waals surface area contributed by atoms with Crippen LogP contribution in [0.4, 0.5) is 5.82 Å². The predicted octanol–water partition coefficient (Wildman–Crippen LogP) is 3.81. The van der Waals surface area contributed by atoms with Gasteiger partial charge < -0.3 is 20.5 Å². The second-order valence-electron chi connectivity index (χ2n) is 6.60. The van der Waals surface area contributed by atoms with E-state index in [1.165, 1.54) is 0 Å². The van der Waals surface area contributed by atoms with E-state index in [4.69, 9.17) is 27.4 Å².